The first kappa shape index (κ1) is 25.2. The molecule has 1 aromatic carbocycles. The molecule has 1 saturated carbocycles. The predicted octanol–water partition coefficient (Wildman–Crippen LogP) is 2.38. The molecule has 0 radical (unpaired) electrons. The maximum absolute atomic E-state index is 13.6. The van der Waals surface area contributed by atoms with Gasteiger partial charge in [0, 0.05) is 49.4 Å². The van der Waals surface area contributed by atoms with Crippen molar-refractivity contribution in [1.82, 2.24) is 14.2 Å². The van der Waals surface area contributed by atoms with Crippen LogP contribution in [0.5, 0.6) is 5.75 Å². The lowest BCUT2D eigenvalue weighted by Crippen LogP contribution is -2.50. The molecule has 1 aliphatic heterocycles. The van der Waals surface area contributed by atoms with E-state index in [1.54, 1.807) is 49.3 Å². The number of aromatic nitrogens is 1. The van der Waals surface area contributed by atoms with Gasteiger partial charge in [0.15, 0.2) is 0 Å². The van der Waals surface area contributed by atoms with Gasteiger partial charge < -0.3 is 14.7 Å². The van der Waals surface area contributed by atoms with E-state index in [1.165, 1.54) is 16.6 Å². The number of aliphatic hydroxyl groups is 1. The summed E-state index contributed by atoms with van der Waals surface area (Å²) < 4.78 is 34.8. The Bertz CT molecular complexity index is 1230. The van der Waals surface area contributed by atoms with Gasteiger partial charge in [-0.15, -0.1) is 0 Å². The number of nitrogens with zero attached hydrogens (tertiary/aromatic N) is 3. The third-order valence-electron chi connectivity index (χ3n) is 6.37. The third-order valence-corrected chi connectivity index (χ3v) is 8.39. The number of fused-ring (bicyclic) bond motifs is 1. The van der Waals surface area contributed by atoms with E-state index >= 15 is 0 Å². The standard InChI is InChI=1S/C26H31N3O5S/c1-18-15-29(19(2)17-30)35(32,33)25-11-10-21(9-8-20-6-7-20)13-23(25)34-24(18)16-28(3)26(31)22-5-4-12-27-14-22/h4-5,10-14,18-20,24,30H,6-7,15-17H2,1-3H3/t18-,19-,24-/m0/s1. The molecule has 1 amide bonds. The van der Waals surface area contributed by atoms with Crippen LogP contribution in [0.4, 0.5) is 0 Å². The number of hydrogen-bond acceptors (Lipinski definition) is 6. The molecule has 4 rings (SSSR count). The van der Waals surface area contributed by atoms with Crippen LogP contribution in [0.1, 0.15) is 42.6 Å². The molecule has 9 heteroatoms. The smallest absolute Gasteiger partial charge is 0.255 e. The molecule has 2 aliphatic rings. The highest BCUT2D eigenvalue weighted by atomic mass is 32.2. The lowest BCUT2D eigenvalue weighted by Gasteiger charge is -2.37. The van der Waals surface area contributed by atoms with Crippen molar-refractivity contribution in [3.63, 3.8) is 0 Å². The van der Waals surface area contributed by atoms with Gasteiger partial charge in [-0.05, 0) is 50.1 Å². The third kappa shape index (κ3) is 5.67. The van der Waals surface area contributed by atoms with Crippen molar-refractivity contribution >= 4 is 15.9 Å². The zero-order chi connectivity index (χ0) is 25.2. The Morgan fingerprint density at radius 1 is 1.34 bits per heavy atom. The van der Waals surface area contributed by atoms with E-state index in [9.17, 15) is 18.3 Å². The quantitative estimate of drug-likeness (QED) is 0.637. The number of carbonyl (C=O) groups excluding carboxylic acids is 1. The second-order valence-corrected chi connectivity index (χ2v) is 11.2. The van der Waals surface area contributed by atoms with Crippen molar-refractivity contribution in [2.75, 3.05) is 26.7 Å². The second kappa shape index (κ2) is 10.4. The van der Waals surface area contributed by atoms with Gasteiger partial charge in [-0.1, -0.05) is 18.8 Å². The molecule has 1 N–H and O–H groups in total. The van der Waals surface area contributed by atoms with E-state index in [0.717, 1.165) is 12.8 Å². The molecule has 186 valence electrons. The minimum Gasteiger partial charge on any atom is -0.487 e. The van der Waals surface area contributed by atoms with Crippen molar-refractivity contribution in [1.29, 1.82) is 0 Å². The molecular weight excluding hydrogens is 466 g/mol. The average Bonchev–Trinajstić information content (AvgIpc) is 3.69. The Labute approximate surface area is 207 Å². The van der Waals surface area contributed by atoms with Gasteiger partial charge in [0.1, 0.15) is 16.7 Å². The van der Waals surface area contributed by atoms with Gasteiger partial charge in [0.2, 0.25) is 10.0 Å². The van der Waals surface area contributed by atoms with E-state index in [0.29, 0.717) is 17.0 Å². The lowest BCUT2D eigenvalue weighted by molar-refractivity contribution is 0.0563. The molecule has 1 aromatic heterocycles. The van der Waals surface area contributed by atoms with Gasteiger partial charge in [-0.2, -0.15) is 4.31 Å². The Morgan fingerprint density at radius 3 is 2.77 bits per heavy atom. The van der Waals surface area contributed by atoms with Gasteiger partial charge in [0.25, 0.3) is 5.91 Å². The van der Waals surface area contributed by atoms with Crippen LogP contribution >= 0.6 is 0 Å². The predicted molar refractivity (Wildman–Crippen MR) is 131 cm³/mol. The first-order valence-corrected chi connectivity index (χ1v) is 13.2. The maximum Gasteiger partial charge on any atom is 0.255 e. The second-order valence-electron chi connectivity index (χ2n) is 9.37. The summed E-state index contributed by atoms with van der Waals surface area (Å²) in [5.74, 6) is 6.46. The van der Waals surface area contributed by atoms with E-state index < -0.39 is 22.2 Å². The number of carbonyl (C=O) groups is 1. The molecule has 8 nitrogen and oxygen atoms in total. The van der Waals surface area contributed by atoms with Crippen molar-refractivity contribution in [3.8, 4) is 17.6 Å². The fourth-order valence-corrected chi connectivity index (χ4v) is 5.82. The highest BCUT2D eigenvalue weighted by Crippen LogP contribution is 2.34. The van der Waals surface area contributed by atoms with Crippen molar-refractivity contribution in [3.05, 3.63) is 53.9 Å². The Hall–Kier alpha value is -2.93. The lowest BCUT2D eigenvalue weighted by atomic mass is 10.0. The summed E-state index contributed by atoms with van der Waals surface area (Å²) in [5.41, 5.74) is 1.14. The number of hydrogen-bond donors (Lipinski definition) is 1. The topological polar surface area (TPSA) is 100 Å². The number of rotatable bonds is 5. The molecule has 1 fully saturated rings. The summed E-state index contributed by atoms with van der Waals surface area (Å²) in [4.78, 5) is 18.5. The monoisotopic (exact) mass is 497 g/mol. The number of likely N-dealkylation sites (N-methyl/N-ethyl adjacent to an activating group) is 1. The summed E-state index contributed by atoms with van der Waals surface area (Å²) in [6.07, 6.45) is 4.81. The van der Waals surface area contributed by atoms with Crippen LogP contribution in [-0.2, 0) is 10.0 Å². The largest absolute Gasteiger partial charge is 0.487 e. The van der Waals surface area contributed by atoms with Crippen LogP contribution in [0.15, 0.2) is 47.6 Å². The summed E-state index contributed by atoms with van der Waals surface area (Å²) in [5, 5.41) is 9.78. The van der Waals surface area contributed by atoms with Crippen LogP contribution in [0.3, 0.4) is 0 Å². The molecule has 2 aromatic rings. The number of benzene rings is 1. The van der Waals surface area contributed by atoms with Gasteiger partial charge in [-0.3, -0.25) is 9.78 Å². The minimum absolute atomic E-state index is 0.0351. The fourth-order valence-electron chi connectivity index (χ4n) is 4.00. The van der Waals surface area contributed by atoms with E-state index in [2.05, 4.69) is 16.8 Å². The zero-order valence-electron chi connectivity index (χ0n) is 20.2. The maximum atomic E-state index is 13.6. The van der Waals surface area contributed by atoms with Crippen LogP contribution in [0, 0.1) is 23.7 Å². The summed E-state index contributed by atoms with van der Waals surface area (Å²) in [6, 6.07) is 7.67. The Morgan fingerprint density at radius 2 is 2.11 bits per heavy atom. The summed E-state index contributed by atoms with van der Waals surface area (Å²) in [6.45, 7) is 3.65. The first-order valence-electron chi connectivity index (χ1n) is 11.8. The number of sulfonamides is 1. The van der Waals surface area contributed by atoms with Crippen molar-refractivity contribution < 1.29 is 23.1 Å². The normalized spacial score (nSPS) is 22.4. The molecule has 0 saturated heterocycles. The Kier molecular flexibility index (Phi) is 7.45. The van der Waals surface area contributed by atoms with E-state index in [-0.39, 0.29) is 42.2 Å². The van der Waals surface area contributed by atoms with E-state index in [1.807, 2.05) is 6.92 Å². The van der Waals surface area contributed by atoms with Gasteiger partial charge in [0.05, 0.1) is 18.7 Å². The average molecular weight is 498 g/mol. The van der Waals surface area contributed by atoms with Gasteiger partial charge in [-0.25, -0.2) is 8.42 Å². The molecule has 0 spiro atoms. The van der Waals surface area contributed by atoms with Gasteiger partial charge >= 0.3 is 0 Å². The number of amides is 1. The highest BCUT2D eigenvalue weighted by Gasteiger charge is 2.38. The SMILES string of the molecule is C[C@H]1CN([C@@H](C)CO)S(=O)(=O)c2ccc(C#CC3CC3)cc2O[C@H]1CN(C)C(=O)c1cccnc1. The van der Waals surface area contributed by atoms with Crippen molar-refractivity contribution in [2.45, 2.75) is 43.7 Å². The number of pyridine rings is 1. The minimum atomic E-state index is -3.92. The van der Waals surface area contributed by atoms with Crippen LogP contribution < -0.4 is 4.74 Å². The number of ether oxygens (including phenoxy) is 1. The Balaban J connectivity index is 1.69. The zero-order valence-corrected chi connectivity index (χ0v) is 21.0. The molecule has 3 atom stereocenters. The van der Waals surface area contributed by atoms with Crippen LogP contribution in [0.2, 0.25) is 0 Å². The van der Waals surface area contributed by atoms with Crippen LogP contribution in [-0.4, -0.2) is 72.5 Å². The molecule has 35 heavy (non-hydrogen) atoms. The molecule has 2 heterocycles. The number of aliphatic hydroxyl groups excluding tert-OH is 1. The molecular formula is C26H31N3O5S. The highest BCUT2D eigenvalue weighted by molar-refractivity contribution is 7.89. The molecule has 1 aliphatic carbocycles. The fraction of sp³-hybridized carbons (Fsp3) is 0.462. The van der Waals surface area contributed by atoms with E-state index in [4.69, 9.17) is 4.74 Å². The summed E-state index contributed by atoms with van der Waals surface area (Å²) >= 11 is 0. The first-order chi connectivity index (χ1) is 16.7. The molecule has 0 unspecified atom stereocenters. The summed E-state index contributed by atoms with van der Waals surface area (Å²) in [7, 11) is -2.23. The van der Waals surface area contributed by atoms with Crippen molar-refractivity contribution in [2.24, 2.45) is 11.8 Å². The molecule has 0 bridgehead atoms. The van der Waals surface area contributed by atoms with Crippen LogP contribution in [0.25, 0.3) is 0 Å².